The monoisotopic (exact) mass is 943 g/mol. The first-order chi connectivity index (χ1) is 33.0. The van der Waals surface area contributed by atoms with E-state index in [0.29, 0.717) is 19.3 Å². The number of carbonyl (C=O) groups excluding carboxylic acids is 3. The predicted octanol–water partition coefficient (Wildman–Crippen LogP) is 19.9. The maximum atomic E-state index is 12.8. The fraction of sp³-hybridized carbons (Fsp3) is 0.885. The second-order valence-electron chi connectivity index (χ2n) is 20.3. The summed E-state index contributed by atoms with van der Waals surface area (Å²) in [6, 6.07) is 0. The van der Waals surface area contributed by atoms with Crippen molar-refractivity contribution in [3.8, 4) is 0 Å². The molecule has 0 aromatic heterocycles. The minimum atomic E-state index is -0.768. The Morgan fingerprint density at radius 1 is 0.284 bits per heavy atom. The van der Waals surface area contributed by atoms with E-state index >= 15 is 0 Å². The Labute approximate surface area is 417 Å². The molecule has 0 aliphatic heterocycles. The minimum Gasteiger partial charge on any atom is -0.462 e. The van der Waals surface area contributed by atoms with Crippen LogP contribution in [0, 0.1) is 0 Å². The zero-order valence-electron chi connectivity index (χ0n) is 45.2. The molecule has 0 fully saturated rings. The van der Waals surface area contributed by atoms with E-state index < -0.39 is 6.10 Å². The summed E-state index contributed by atoms with van der Waals surface area (Å²) in [5, 5.41) is 0. The van der Waals surface area contributed by atoms with E-state index in [-0.39, 0.29) is 31.1 Å². The van der Waals surface area contributed by atoms with E-state index in [1.54, 1.807) is 0 Å². The van der Waals surface area contributed by atoms with Crippen LogP contribution in [0.25, 0.3) is 0 Å². The Morgan fingerprint density at radius 3 is 0.746 bits per heavy atom. The van der Waals surface area contributed by atoms with Gasteiger partial charge >= 0.3 is 17.9 Å². The molecule has 1 unspecified atom stereocenters. The first kappa shape index (κ1) is 64.9. The summed E-state index contributed by atoms with van der Waals surface area (Å²) in [5.41, 5.74) is 0. The largest absolute Gasteiger partial charge is 0.462 e. The standard InChI is InChI=1S/C61H114O6/c1-4-7-10-13-16-18-20-22-24-25-26-27-28-29-30-31-32-33-34-35-36-37-38-40-41-43-45-48-51-54-60(63)66-57-58(56-65-59(62)53-50-47-15-12-9-6-3)67-61(64)55-52-49-46-44-42-39-23-21-19-17-14-11-8-5-2/h21,23,25-26,58H,4-20,22,24,27-57H2,1-3H3/b23-21-,26-25-. The maximum absolute atomic E-state index is 12.8. The second kappa shape index (κ2) is 56.5. The minimum absolute atomic E-state index is 0.0706. The number of hydrogen-bond donors (Lipinski definition) is 0. The highest BCUT2D eigenvalue weighted by Gasteiger charge is 2.19. The van der Waals surface area contributed by atoms with E-state index in [0.717, 1.165) is 64.2 Å². The van der Waals surface area contributed by atoms with Crippen molar-refractivity contribution >= 4 is 17.9 Å². The van der Waals surface area contributed by atoms with Crippen LogP contribution in [0.4, 0.5) is 0 Å². The predicted molar refractivity (Wildman–Crippen MR) is 289 cm³/mol. The average molecular weight is 944 g/mol. The zero-order valence-corrected chi connectivity index (χ0v) is 45.2. The molecule has 0 rings (SSSR count). The molecular formula is C61H114O6. The molecule has 6 nitrogen and oxygen atoms in total. The van der Waals surface area contributed by atoms with Gasteiger partial charge in [-0.05, 0) is 70.6 Å². The summed E-state index contributed by atoms with van der Waals surface area (Å²) in [6.07, 6.45) is 66.5. The lowest BCUT2D eigenvalue weighted by Gasteiger charge is -2.18. The van der Waals surface area contributed by atoms with Crippen LogP contribution >= 0.6 is 0 Å². The molecule has 0 amide bonds. The lowest BCUT2D eigenvalue weighted by molar-refractivity contribution is -0.167. The summed E-state index contributed by atoms with van der Waals surface area (Å²) in [5.74, 6) is -0.873. The van der Waals surface area contributed by atoms with Gasteiger partial charge in [-0.3, -0.25) is 14.4 Å². The molecule has 0 aromatic rings. The highest BCUT2D eigenvalue weighted by atomic mass is 16.6. The Balaban J connectivity index is 3.97. The van der Waals surface area contributed by atoms with Crippen LogP contribution in [0.1, 0.15) is 329 Å². The zero-order chi connectivity index (χ0) is 48.6. The molecule has 1 atom stereocenters. The van der Waals surface area contributed by atoms with E-state index in [9.17, 15) is 14.4 Å². The molecule has 0 radical (unpaired) electrons. The van der Waals surface area contributed by atoms with Crippen LogP contribution in [-0.4, -0.2) is 37.2 Å². The number of carbonyl (C=O) groups is 3. The van der Waals surface area contributed by atoms with Crippen LogP contribution in [-0.2, 0) is 28.6 Å². The van der Waals surface area contributed by atoms with Crippen molar-refractivity contribution < 1.29 is 28.6 Å². The van der Waals surface area contributed by atoms with Gasteiger partial charge in [-0.1, -0.05) is 263 Å². The molecule has 0 aliphatic rings. The first-order valence-corrected chi connectivity index (χ1v) is 29.8. The van der Waals surface area contributed by atoms with Gasteiger partial charge in [0.15, 0.2) is 6.10 Å². The fourth-order valence-electron chi connectivity index (χ4n) is 8.91. The smallest absolute Gasteiger partial charge is 0.306 e. The molecule has 67 heavy (non-hydrogen) atoms. The van der Waals surface area contributed by atoms with Crippen LogP contribution in [0.2, 0.25) is 0 Å². The number of esters is 3. The Hall–Kier alpha value is -2.11. The van der Waals surface area contributed by atoms with Crippen molar-refractivity contribution in [2.45, 2.75) is 335 Å². The van der Waals surface area contributed by atoms with Gasteiger partial charge in [-0.15, -0.1) is 0 Å². The lowest BCUT2D eigenvalue weighted by Crippen LogP contribution is -2.30. The number of allylic oxidation sites excluding steroid dienone is 4. The van der Waals surface area contributed by atoms with Gasteiger partial charge in [-0.2, -0.15) is 0 Å². The van der Waals surface area contributed by atoms with Gasteiger partial charge in [-0.25, -0.2) is 0 Å². The molecule has 394 valence electrons. The van der Waals surface area contributed by atoms with Crippen molar-refractivity contribution in [3.63, 3.8) is 0 Å². The third-order valence-corrected chi connectivity index (χ3v) is 13.4. The third kappa shape index (κ3) is 54.7. The second-order valence-corrected chi connectivity index (χ2v) is 20.3. The third-order valence-electron chi connectivity index (χ3n) is 13.4. The quantitative estimate of drug-likeness (QED) is 0.0262. The number of rotatable bonds is 55. The number of unbranched alkanes of at least 4 members (excludes halogenated alkanes) is 40. The van der Waals surface area contributed by atoms with Gasteiger partial charge in [0.25, 0.3) is 0 Å². The summed E-state index contributed by atoms with van der Waals surface area (Å²) in [6.45, 7) is 6.60. The van der Waals surface area contributed by atoms with Gasteiger partial charge in [0, 0.05) is 19.3 Å². The highest BCUT2D eigenvalue weighted by Crippen LogP contribution is 2.17. The van der Waals surface area contributed by atoms with Crippen molar-refractivity contribution in [1.29, 1.82) is 0 Å². The highest BCUT2D eigenvalue weighted by molar-refractivity contribution is 5.71. The normalized spacial score (nSPS) is 12.1. The SMILES string of the molecule is CCCCCCC/C=C\CCCCCCCC(=O)OC(COC(=O)CCCCCCCC)COC(=O)CCCCCCCCCCCCCCCCCCC/C=C\CCCCCCCCCC. The van der Waals surface area contributed by atoms with Crippen LogP contribution in [0.3, 0.4) is 0 Å². The topological polar surface area (TPSA) is 78.9 Å². The van der Waals surface area contributed by atoms with Gasteiger partial charge < -0.3 is 14.2 Å². The Morgan fingerprint density at radius 2 is 0.493 bits per heavy atom. The Kier molecular flexibility index (Phi) is 54.7. The molecule has 6 heteroatoms. The van der Waals surface area contributed by atoms with Crippen molar-refractivity contribution in [1.82, 2.24) is 0 Å². The fourth-order valence-corrected chi connectivity index (χ4v) is 8.91. The molecule has 0 aliphatic carbocycles. The van der Waals surface area contributed by atoms with Crippen molar-refractivity contribution in [2.75, 3.05) is 13.2 Å². The molecule has 0 aromatic carbocycles. The molecule has 0 saturated heterocycles. The van der Waals surface area contributed by atoms with Crippen LogP contribution in [0.5, 0.6) is 0 Å². The molecule has 0 saturated carbocycles. The van der Waals surface area contributed by atoms with E-state index in [1.807, 2.05) is 0 Å². The van der Waals surface area contributed by atoms with E-state index in [2.05, 4.69) is 45.1 Å². The molecule has 0 N–H and O–H groups in total. The van der Waals surface area contributed by atoms with Gasteiger partial charge in [0.05, 0.1) is 0 Å². The Bertz CT molecular complexity index is 1080. The molecule has 0 spiro atoms. The van der Waals surface area contributed by atoms with Crippen LogP contribution in [0.15, 0.2) is 24.3 Å². The number of ether oxygens (including phenoxy) is 3. The molecule has 0 bridgehead atoms. The summed E-state index contributed by atoms with van der Waals surface area (Å²) >= 11 is 0. The lowest BCUT2D eigenvalue weighted by atomic mass is 10.0. The average Bonchev–Trinajstić information content (AvgIpc) is 3.33. The van der Waals surface area contributed by atoms with Crippen molar-refractivity contribution in [2.24, 2.45) is 0 Å². The van der Waals surface area contributed by atoms with E-state index in [4.69, 9.17) is 14.2 Å². The molecule has 0 heterocycles. The maximum Gasteiger partial charge on any atom is 0.306 e. The van der Waals surface area contributed by atoms with Crippen molar-refractivity contribution in [3.05, 3.63) is 24.3 Å². The van der Waals surface area contributed by atoms with Gasteiger partial charge in [0.2, 0.25) is 0 Å². The number of hydrogen-bond acceptors (Lipinski definition) is 6. The van der Waals surface area contributed by atoms with Gasteiger partial charge in [0.1, 0.15) is 13.2 Å². The first-order valence-electron chi connectivity index (χ1n) is 29.8. The summed E-state index contributed by atoms with van der Waals surface area (Å²) in [4.78, 5) is 37.8. The van der Waals surface area contributed by atoms with Crippen LogP contribution < -0.4 is 0 Å². The molecular weight excluding hydrogens is 829 g/mol. The summed E-state index contributed by atoms with van der Waals surface area (Å²) in [7, 11) is 0. The van der Waals surface area contributed by atoms with E-state index in [1.165, 1.54) is 225 Å². The summed E-state index contributed by atoms with van der Waals surface area (Å²) < 4.78 is 16.7.